The molecule has 2 aromatic rings. The van der Waals surface area contributed by atoms with E-state index in [1.165, 1.54) is 25.7 Å². The minimum absolute atomic E-state index is 0.0684. The van der Waals surface area contributed by atoms with Gasteiger partial charge in [-0.1, -0.05) is 18.2 Å². The van der Waals surface area contributed by atoms with Crippen LogP contribution in [0, 0.1) is 0 Å². The molecule has 0 spiro atoms. The van der Waals surface area contributed by atoms with Gasteiger partial charge in [0.25, 0.3) is 0 Å². The van der Waals surface area contributed by atoms with E-state index in [1.54, 1.807) is 6.33 Å². The molecule has 29 heavy (non-hydrogen) atoms. The summed E-state index contributed by atoms with van der Waals surface area (Å²) in [4.78, 5) is 23.3. The summed E-state index contributed by atoms with van der Waals surface area (Å²) < 4.78 is 2.00. The Hall–Kier alpha value is -2.73. The molecular formula is C23H29N5O. The van der Waals surface area contributed by atoms with Crippen LogP contribution in [0.15, 0.2) is 48.4 Å². The summed E-state index contributed by atoms with van der Waals surface area (Å²) >= 11 is 0. The van der Waals surface area contributed by atoms with E-state index in [9.17, 15) is 4.79 Å². The number of carbonyl (C=O) groups excluding carboxylic acids is 1. The van der Waals surface area contributed by atoms with Crippen LogP contribution < -0.4 is 5.32 Å². The largest absolute Gasteiger partial charge is 0.336 e. The number of benzene rings is 1. The normalized spacial score (nSPS) is 21.1. The van der Waals surface area contributed by atoms with Crippen molar-refractivity contribution < 1.29 is 4.79 Å². The number of rotatable bonds is 8. The minimum Gasteiger partial charge on any atom is -0.336 e. The number of hydrogen-bond donors (Lipinski definition) is 1. The third-order valence-electron chi connectivity index (χ3n) is 6.15. The molecule has 2 aliphatic heterocycles. The molecule has 0 atom stereocenters. The average Bonchev–Trinajstić information content (AvgIpc) is 3.42. The van der Waals surface area contributed by atoms with Gasteiger partial charge in [0.2, 0.25) is 5.91 Å². The molecule has 6 nitrogen and oxygen atoms in total. The van der Waals surface area contributed by atoms with Crippen molar-refractivity contribution in [1.29, 1.82) is 0 Å². The van der Waals surface area contributed by atoms with Crippen molar-refractivity contribution in [1.82, 2.24) is 19.8 Å². The van der Waals surface area contributed by atoms with Crippen molar-refractivity contribution in [3.8, 4) is 11.3 Å². The molecule has 4 rings (SSSR count). The maximum Gasteiger partial charge on any atom is 0.235 e. The highest BCUT2D eigenvalue weighted by molar-refractivity contribution is 5.84. The summed E-state index contributed by atoms with van der Waals surface area (Å²) in [6.07, 6.45) is 13.1. The fraction of sp³-hybridized carbons (Fsp3) is 0.435. The first-order valence-electron chi connectivity index (χ1n) is 10.4. The van der Waals surface area contributed by atoms with Gasteiger partial charge < -0.3 is 9.88 Å². The van der Waals surface area contributed by atoms with Crippen LogP contribution in [0.25, 0.3) is 11.3 Å². The molecule has 152 valence electrons. The van der Waals surface area contributed by atoms with Crippen molar-refractivity contribution in [3.05, 3.63) is 54.5 Å². The molecule has 2 saturated heterocycles. The fourth-order valence-corrected chi connectivity index (χ4v) is 4.64. The van der Waals surface area contributed by atoms with Crippen molar-refractivity contribution in [3.63, 3.8) is 0 Å². The number of imidazole rings is 1. The monoisotopic (exact) mass is 391 g/mol. The molecule has 0 unspecified atom stereocenters. The van der Waals surface area contributed by atoms with Gasteiger partial charge in [-0.05, 0) is 49.3 Å². The maximum atomic E-state index is 12.3. The number of carbonyl (C=O) groups is 1. The molecule has 2 aliphatic rings. The van der Waals surface area contributed by atoms with Crippen LogP contribution in [0.1, 0.15) is 36.8 Å². The first-order valence-corrected chi connectivity index (χ1v) is 10.4. The van der Waals surface area contributed by atoms with Gasteiger partial charge >= 0.3 is 0 Å². The fourth-order valence-electron chi connectivity index (χ4n) is 4.64. The highest BCUT2D eigenvalue weighted by Crippen LogP contribution is 2.36. The number of aromatic nitrogens is 2. The van der Waals surface area contributed by atoms with E-state index in [4.69, 9.17) is 0 Å². The van der Waals surface area contributed by atoms with E-state index >= 15 is 0 Å². The predicted molar refractivity (Wildman–Crippen MR) is 116 cm³/mol. The molecular weight excluding hydrogens is 362 g/mol. The molecule has 1 amide bonds. The lowest BCUT2D eigenvalue weighted by Gasteiger charge is -2.20. The Balaban J connectivity index is 1.35. The molecule has 0 aliphatic carbocycles. The first-order chi connectivity index (χ1) is 14.2. The number of allylic oxidation sites excluding steroid dienone is 1. The van der Waals surface area contributed by atoms with Crippen LogP contribution in [0.4, 0.5) is 0 Å². The number of nitrogens with one attached hydrogen (secondary N) is 1. The van der Waals surface area contributed by atoms with Gasteiger partial charge in [-0.2, -0.15) is 0 Å². The number of aryl methyl sites for hydroxylation is 1. The molecule has 3 heterocycles. The Bertz CT molecular complexity index is 896. The lowest BCUT2D eigenvalue weighted by molar-refractivity contribution is -0.122. The second-order valence-corrected chi connectivity index (χ2v) is 8.00. The standard InChI is InChI=1S/C23H29N5O/c1-3-4-17-11-18(22-13-25-16-27(22)2)5-6-19(17)12-24-15-26-23(29)14-28-20-7-8-21(28)10-9-20/h3,5-6,11-13,16,20-21H,1,4,7-10,14-15H2,2H3,(H,26,29)/b24-12-. The van der Waals surface area contributed by atoms with E-state index in [2.05, 4.69) is 45.0 Å². The van der Waals surface area contributed by atoms with E-state index in [0.29, 0.717) is 25.3 Å². The average molecular weight is 392 g/mol. The second-order valence-electron chi connectivity index (χ2n) is 8.00. The smallest absolute Gasteiger partial charge is 0.235 e. The zero-order valence-corrected chi connectivity index (χ0v) is 17.1. The summed E-state index contributed by atoms with van der Waals surface area (Å²) in [6.45, 7) is 4.68. The van der Waals surface area contributed by atoms with Crippen LogP contribution in [-0.4, -0.2) is 51.9 Å². The Morgan fingerprint density at radius 3 is 2.72 bits per heavy atom. The van der Waals surface area contributed by atoms with E-state index < -0.39 is 0 Å². The van der Waals surface area contributed by atoms with Crippen molar-refractivity contribution in [2.24, 2.45) is 12.0 Å². The van der Waals surface area contributed by atoms with Crippen LogP contribution in [0.5, 0.6) is 0 Å². The van der Waals surface area contributed by atoms with Crippen molar-refractivity contribution in [2.75, 3.05) is 13.2 Å². The number of aliphatic imine (C=N–C) groups is 1. The summed E-state index contributed by atoms with van der Waals surface area (Å²) in [5.41, 5.74) is 4.39. The Labute approximate surface area is 172 Å². The van der Waals surface area contributed by atoms with Crippen LogP contribution in [-0.2, 0) is 18.3 Å². The predicted octanol–water partition coefficient (Wildman–Crippen LogP) is 2.94. The van der Waals surface area contributed by atoms with Gasteiger partial charge in [-0.15, -0.1) is 6.58 Å². The lowest BCUT2D eigenvalue weighted by Crippen LogP contribution is -2.39. The Kier molecular flexibility index (Phi) is 5.90. The second kappa shape index (κ2) is 8.74. The zero-order chi connectivity index (χ0) is 20.2. The molecule has 1 N–H and O–H groups in total. The van der Waals surface area contributed by atoms with Gasteiger partial charge in [0, 0.05) is 30.9 Å². The van der Waals surface area contributed by atoms with Gasteiger partial charge in [0.05, 0.1) is 24.8 Å². The Morgan fingerprint density at radius 2 is 2.07 bits per heavy atom. The van der Waals surface area contributed by atoms with Crippen LogP contribution in [0.3, 0.4) is 0 Å². The number of fused-ring (bicyclic) bond motifs is 2. The van der Waals surface area contributed by atoms with Gasteiger partial charge in [0.1, 0.15) is 6.67 Å². The first kappa shape index (κ1) is 19.6. The Morgan fingerprint density at radius 1 is 1.31 bits per heavy atom. The molecule has 6 heteroatoms. The third kappa shape index (κ3) is 4.32. The van der Waals surface area contributed by atoms with Crippen molar-refractivity contribution in [2.45, 2.75) is 44.2 Å². The number of hydrogen-bond acceptors (Lipinski definition) is 4. The quantitative estimate of drug-likeness (QED) is 0.556. The lowest BCUT2D eigenvalue weighted by atomic mass is 10.0. The third-order valence-corrected chi connectivity index (χ3v) is 6.15. The topological polar surface area (TPSA) is 62.5 Å². The number of amides is 1. The molecule has 1 aromatic carbocycles. The maximum absolute atomic E-state index is 12.3. The molecule has 2 bridgehead atoms. The SMILES string of the molecule is C=CCc1cc(-c2cncn2C)ccc1/C=N\CNC(=O)CN1C2CCC1CC2. The van der Waals surface area contributed by atoms with Crippen LogP contribution in [0.2, 0.25) is 0 Å². The van der Waals surface area contributed by atoms with E-state index in [-0.39, 0.29) is 5.91 Å². The molecule has 0 saturated carbocycles. The summed E-state index contributed by atoms with van der Waals surface area (Å²) in [7, 11) is 1.99. The molecule has 1 aromatic heterocycles. The summed E-state index contributed by atoms with van der Waals surface area (Å²) in [5, 5.41) is 2.93. The zero-order valence-electron chi connectivity index (χ0n) is 17.1. The van der Waals surface area contributed by atoms with E-state index in [0.717, 1.165) is 28.8 Å². The number of nitrogens with zero attached hydrogens (tertiary/aromatic N) is 4. The van der Waals surface area contributed by atoms with Crippen molar-refractivity contribution >= 4 is 12.1 Å². The van der Waals surface area contributed by atoms with Gasteiger partial charge in [-0.3, -0.25) is 14.7 Å². The highest BCUT2D eigenvalue weighted by atomic mass is 16.2. The van der Waals surface area contributed by atoms with E-state index in [1.807, 2.05) is 30.1 Å². The highest BCUT2D eigenvalue weighted by Gasteiger charge is 2.39. The summed E-state index contributed by atoms with van der Waals surface area (Å²) in [5.74, 6) is 0.0684. The summed E-state index contributed by atoms with van der Waals surface area (Å²) in [6, 6.07) is 7.53. The minimum atomic E-state index is 0.0684. The molecule has 2 fully saturated rings. The molecule has 0 radical (unpaired) electrons. The van der Waals surface area contributed by atoms with Gasteiger partial charge in [0.15, 0.2) is 0 Å². The van der Waals surface area contributed by atoms with Crippen LogP contribution >= 0.6 is 0 Å². The van der Waals surface area contributed by atoms with Gasteiger partial charge in [-0.25, -0.2) is 4.98 Å².